The van der Waals surface area contributed by atoms with E-state index in [2.05, 4.69) is 31.3 Å². The summed E-state index contributed by atoms with van der Waals surface area (Å²) in [6.07, 6.45) is 1.81. The summed E-state index contributed by atoms with van der Waals surface area (Å²) in [5, 5.41) is 11.1. The Balaban J connectivity index is 1.93. The van der Waals surface area contributed by atoms with Crippen molar-refractivity contribution in [1.82, 2.24) is 0 Å². The lowest BCUT2D eigenvalue weighted by Crippen LogP contribution is -2.20. The minimum Gasteiger partial charge on any atom is -0.383 e. The molecular weight excluding hydrogens is 556 g/mol. The zero-order valence-corrected chi connectivity index (χ0v) is 22.0. The number of halogens is 1. The molecule has 0 saturated carbocycles. The van der Waals surface area contributed by atoms with Crippen LogP contribution in [0.4, 0.5) is 17.1 Å². The molecule has 0 aliphatic heterocycles. The number of rotatable bonds is 10. The van der Waals surface area contributed by atoms with Crippen LogP contribution in [0.5, 0.6) is 0 Å². The lowest BCUT2D eigenvalue weighted by atomic mass is 10.1. The van der Waals surface area contributed by atoms with Gasteiger partial charge in [0.05, 0.1) is 32.4 Å². The summed E-state index contributed by atoms with van der Waals surface area (Å²) in [7, 11) is -7.97. The molecule has 0 fully saturated rings. The molecule has 35 heavy (non-hydrogen) atoms. The van der Waals surface area contributed by atoms with Crippen LogP contribution >= 0.6 is 15.9 Å². The summed E-state index contributed by atoms with van der Waals surface area (Å²) >= 11 is 3.27. The van der Waals surface area contributed by atoms with Crippen LogP contribution < -0.4 is 20.5 Å². The molecular formula is C23H25BrN4O5S2. The van der Waals surface area contributed by atoms with Crippen molar-refractivity contribution < 1.29 is 21.6 Å². The number of unbranched alkanes of at least 4 members (excludes halogenated alkanes) is 1. The van der Waals surface area contributed by atoms with Crippen molar-refractivity contribution in [3.63, 3.8) is 0 Å². The predicted octanol–water partition coefficient (Wildman–Crippen LogP) is 4.36. The number of carbonyl (C=O) groups excluding carboxylic acids is 1. The Morgan fingerprint density at radius 3 is 2.20 bits per heavy atom. The Morgan fingerprint density at radius 2 is 1.54 bits per heavy atom. The van der Waals surface area contributed by atoms with Gasteiger partial charge in [-0.3, -0.25) is 9.52 Å². The molecule has 12 heteroatoms. The van der Waals surface area contributed by atoms with Crippen LogP contribution in [0.25, 0.3) is 0 Å². The molecule has 0 bridgehead atoms. The molecule has 3 aromatic rings. The molecule has 0 atom stereocenters. The van der Waals surface area contributed by atoms with Gasteiger partial charge in [-0.2, -0.15) is 0 Å². The summed E-state index contributed by atoms with van der Waals surface area (Å²) in [4.78, 5) is 13.0. The van der Waals surface area contributed by atoms with Crippen LogP contribution in [0.1, 0.15) is 30.1 Å². The number of nitrogens with one attached hydrogen (secondary N) is 3. The molecule has 0 radical (unpaired) electrons. The van der Waals surface area contributed by atoms with Gasteiger partial charge in [-0.25, -0.2) is 22.0 Å². The number of carbonyl (C=O) groups is 1. The standard InChI is InChI=1S/C23H25BrN4O5S2/c1-2-3-14-26-21-13-12-18(34(25,30)31)15-22(21)27-23(29)19-6-4-5-7-20(19)28-35(32,33)17-10-8-16(24)9-11-17/h4-13,15,26,28H,2-3,14H2,1H3,(H,27,29)(H2,25,30,31). The van der Waals surface area contributed by atoms with Gasteiger partial charge >= 0.3 is 0 Å². The van der Waals surface area contributed by atoms with Crippen molar-refractivity contribution in [3.05, 3.63) is 76.8 Å². The number of amides is 1. The number of nitrogens with two attached hydrogens (primary N) is 1. The molecule has 3 aromatic carbocycles. The van der Waals surface area contributed by atoms with Gasteiger partial charge in [-0.1, -0.05) is 41.4 Å². The van der Waals surface area contributed by atoms with E-state index in [1.807, 2.05) is 6.92 Å². The van der Waals surface area contributed by atoms with E-state index < -0.39 is 26.0 Å². The van der Waals surface area contributed by atoms with Crippen molar-refractivity contribution in [1.29, 1.82) is 0 Å². The second-order valence-electron chi connectivity index (χ2n) is 7.59. The first-order chi connectivity index (χ1) is 16.5. The van der Waals surface area contributed by atoms with Gasteiger partial charge in [0.2, 0.25) is 10.0 Å². The first-order valence-electron chi connectivity index (χ1n) is 10.6. The van der Waals surface area contributed by atoms with Crippen LogP contribution in [0, 0.1) is 0 Å². The normalized spacial score (nSPS) is 11.6. The Hall–Kier alpha value is -2.93. The molecule has 186 valence electrons. The number of sulfonamides is 2. The van der Waals surface area contributed by atoms with E-state index in [0.717, 1.165) is 17.3 Å². The average molecular weight is 582 g/mol. The summed E-state index contributed by atoms with van der Waals surface area (Å²) in [6.45, 7) is 2.64. The van der Waals surface area contributed by atoms with Crippen LogP contribution in [-0.2, 0) is 20.0 Å². The fourth-order valence-electron chi connectivity index (χ4n) is 3.13. The molecule has 0 aliphatic rings. The third-order valence-electron chi connectivity index (χ3n) is 4.95. The Bertz CT molecular complexity index is 1430. The highest BCUT2D eigenvalue weighted by molar-refractivity contribution is 9.10. The van der Waals surface area contributed by atoms with Crippen LogP contribution in [-0.4, -0.2) is 29.3 Å². The van der Waals surface area contributed by atoms with Crippen LogP contribution in [0.3, 0.4) is 0 Å². The largest absolute Gasteiger partial charge is 0.383 e. The van der Waals surface area contributed by atoms with E-state index in [1.54, 1.807) is 24.3 Å². The quantitative estimate of drug-likeness (QED) is 0.262. The van der Waals surface area contributed by atoms with E-state index in [-0.39, 0.29) is 26.7 Å². The van der Waals surface area contributed by atoms with Crippen LogP contribution in [0.15, 0.2) is 81.0 Å². The molecule has 0 aromatic heterocycles. The van der Waals surface area contributed by atoms with Gasteiger partial charge in [-0.15, -0.1) is 0 Å². The van der Waals surface area contributed by atoms with Gasteiger partial charge < -0.3 is 10.6 Å². The number of para-hydroxylation sites is 1. The highest BCUT2D eigenvalue weighted by atomic mass is 79.9. The van der Waals surface area contributed by atoms with Gasteiger partial charge in [0.25, 0.3) is 15.9 Å². The van der Waals surface area contributed by atoms with Gasteiger partial charge in [0, 0.05) is 11.0 Å². The third-order valence-corrected chi connectivity index (χ3v) is 7.77. The Labute approximate surface area is 213 Å². The SMILES string of the molecule is CCCCNc1ccc(S(N)(=O)=O)cc1NC(=O)c1ccccc1NS(=O)(=O)c1ccc(Br)cc1. The summed E-state index contributed by atoms with van der Waals surface area (Å²) in [5.41, 5.74) is 0.819. The number of primary sulfonamides is 1. The van der Waals surface area contributed by atoms with Crippen molar-refractivity contribution in [2.45, 2.75) is 29.6 Å². The van der Waals surface area contributed by atoms with Gasteiger partial charge in [0.15, 0.2) is 0 Å². The molecule has 0 aliphatic carbocycles. The summed E-state index contributed by atoms with van der Waals surface area (Å²) in [5.74, 6) is -0.635. The van der Waals surface area contributed by atoms with E-state index in [9.17, 15) is 21.6 Å². The predicted molar refractivity (Wildman–Crippen MR) is 141 cm³/mol. The fourth-order valence-corrected chi connectivity index (χ4v) is 5.02. The molecule has 9 nitrogen and oxygen atoms in total. The Kier molecular flexibility index (Phi) is 8.54. The average Bonchev–Trinajstić information content (AvgIpc) is 2.80. The van der Waals surface area contributed by atoms with Crippen molar-refractivity contribution in [2.24, 2.45) is 5.14 Å². The first-order valence-corrected chi connectivity index (χ1v) is 14.4. The van der Waals surface area contributed by atoms with Crippen molar-refractivity contribution >= 4 is 58.9 Å². The molecule has 0 saturated heterocycles. The van der Waals surface area contributed by atoms with Gasteiger partial charge in [0.1, 0.15) is 0 Å². The molecule has 3 rings (SSSR count). The van der Waals surface area contributed by atoms with E-state index >= 15 is 0 Å². The van der Waals surface area contributed by atoms with Crippen molar-refractivity contribution in [3.8, 4) is 0 Å². The zero-order chi connectivity index (χ0) is 25.6. The second-order valence-corrected chi connectivity index (χ2v) is 11.8. The van der Waals surface area contributed by atoms with Crippen LogP contribution in [0.2, 0.25) is 0 Å². The first kappa shape index (κ1) is 26.7. The molecule has 1 amide bonds. The summed E-state index contributed by atoms with van der Waals surface area (Å²) < 4.78 is 52.6. The second kappa shape index (κ2) is 11.2. The number of anilines is 3. The molecule has 0 unspecified atom stereocenters. The number of hydrogen-bond donors (Lipinski definition) is 4. The van der Waals surface area contributed by atoms with E-state index in [1.165, 1.54) is 42.5 Å². The lowest BCUT2D eigenvalue weighted by Gasteiger charge is -2.16. The smallest absolute Gasteiger partial charge is 0.261 e. The fraction of sp³-hybridized carbons (Fsp3) is 0.174. The van der Waals surface area contributed by atoms with E-state index in [0.29, 0.717) is 12.2 Å². The minimum atomic E-state index is -4.01. The zero-order valence-electron chi connectivity index (χ0n) is 18.8. The molecule has 0 heterocycles. The highest BCUT2D eigenvalue weighted by Crippen LogP contribution is 2.28. The van der Waals surface area contributed by atoms with Crippen molar-refractivity contribution in [2.75, 3.05) is 21.9 Å². The monoisotopic (exact) mass is 580 g/mol. The molecule has 5 N–H and O–H groups in total. The Morgan fingerprint density at radius 1 is 0.886 bits per heavy atom. The molecule has 0 spiro atoms. The topological polar surface area (TPSA) is 147 Å². The maximum absolute atomic E-state index is 13.2. The third kappa shape index (κ3) is 7.04. The number of hydrogen-bond acceptors (Lipinski definition) is 6. The summed E-state index contributed by atoms with van der Waals surface area (Å²) in [6, 6.07) is 16.3. The maximum Gasteiger partial charge on any atom is 0.261 e. The minimum absolute atomic E-state index is 0.0270. The lowest BCUT2D eigenvalue weighted by molar-refractivity contribution is 0.102. The van der Waals surface area contributed by atoms with Gasteiger partial charge in [-0.05, 0) is 61.0 Å². The maximum atomic E-state index is 13.2. The highest BCUT2D eigenvalue weighted by Gasteiger charge is 2.20. The van der Waals surface area contributed by atoms with E-state index in [4.69, 9.17) is 5.14 Å². The number of benzene rings is 3.